The summed E-state index contributed by atoms with van der Waals surface area (Å²) in [5, 5.41) is 12.5. The van der Waals surface area contributed by atoms with Crippen molar-refractivity contribution in [2.45, 2.75) is 6.18 Å². The van der Waals surface area contributed by atoms with Crippen LogP contribution < -0.4 is 5.11 Å². The number of hydrogen-bond acceptors (Lipinski definition) is 4. The van der Waals surface area contributed by atoms with Crippen molar-refractivity contribution in [1.29, 1.82) is 0 Å². The summed E-state index contributed by atoms with van der Waals surface area (Å²) in [5.41, 5.74) is 0.100. The molecule has 0 amide bonds. The van der Waals surface area contributed by atoms with E-state index in [9.17, 15) is 23.1 Å². The average Bonchev–Trinajstić information content (AvgIpc) is 3.16. The van der Waals surface area contributed by atoms with Gasteiger partial charge >= 0.3 is 6.18 Å². The molecule has 2 aromatic carbocycles. The van der Waals surface area contributed by atoms with E-state index in [2.05, 4.69) is 4.98 Å². The molecule has 0 aliphatic heterocycles. The molecule has 2 aromatic heterocycles. The van der Waals surface area contributed by atoms with Gasteiger partial charge in [0.15, 0.2) is 0 Å². The minimum absolute atomic E-state index is 0.0791. The predicted molar refractivity (Wildman–Crippen MR) is 110 cm³/mol. The lowest BCUT2D eigenvalue weighted by Gasteiger charge is -2.10. The third-order valence-electron chi connectivity index (χ3n) is 4.41. The van der Waals surface area contributed by atoms with E-state index in [0.29, 0.717) is 31.4 Å². The summed E-state index contributed by atoms with van der Waals surface area (Å²) in [6.45, 7) is 0. The second-order valence-electron chi connectivity index (χ2n) is 6.36. The molecule has 0 spiro atoms. The van der Waals surface area contributed by atoms with Crippen molar-refractivity contribution >= 4 is 51.4 Å². The van der Waals surface area contributed by atoms with Gasteiger partial charge in [-0.3, -0.25) is 0 Å². The molecule has 4 rings (SSSR count). The Kier molecular flexibility index (Phi) is 5.22. The zero-order valence-corrected chi connectivity index (χ0v) is 17.1. The number of nitrogens with zero attached hydrogens (tertiary/aromatic N) is 1. The van der Waals surface area contributed by atoms with Crippen LogP contribution in [0.4, 0.5) is 13.2 Å². The van der Waals surface area contributed by atoms with Gasteiger partial charge in [-0.1, -0.05) is 23.2 Å². The first-order chi connectivity index (χ1) is 14.1. The van der Waals surface area contributed by atoms with Crippen LogP contribution in [-0.4, -0.2) is 11.0 Å². The van der Waals surface area contributed by atoms with Gasteiger partial charge in [-0.25, -0.2) is 4.98 Å². The smallest absolute Gasteiger partial charge is 0.416 e. The van der Waals surface area contributed by atoms with Crippen molar-refractivity contribution < 1.29 is 23.1 Å². The molecule has 0 aliphatic rings. The minimum Gasteiger partial charge on any atom is -0.545 e. The molecule has 3 nitrogen and oxygen atoms in total. The third-order valence-corrected chi connectivity index (χ3v) is 6.11. The highest BCUT2D eigenvalue weighted by Gasteiger charge is 2.31. The normalized spacial score (nSPS) is 11.8. The van der Waals surface area contributed by atoms with Crippen molar-refractivity contribution in [3.63, 3.8) is 0 Å². The fraction of sp³-hybridized carbons (Fsp3) is 0.0476. The number of thiophene rings is 1. The van der Waals surface area contributed by atoms with Crippen LogP contribution in [0.2, 0.25) is 10.0 Å². The Bertz CT molecular complexity index is 1300. The molecule has 0 saturated heterocycles. The van der Waals surface area contributed by atoms with E-state index in [-0.39, 0.29) is 16.1 Å². The van der Waals surface area contributed by atoms with E-state index in [1.165, 1.54) is 18.2 Å². The maximum Gasteiger partial charge on any atom is 0.416 e. The Hall–Kier alpha value is -2.61. The number of pyridine rings is 1. The standard InChI is InChI=1S/C21H10Cl2F3NO2S/c22-11-2-4-16-12(8-11)13(20(28)29)9-17(27-16)19-6-5-18(30-19)14-7-10(21(24,25)26)1-3-15(14)23/h1-9H,(H,28,29)/p-1. The molecule has 0 radical (unpaired) electrons. The number of rotatable bonds is 3. The van der Waals surface area contributed by atoms with E-state index in [1.54, 1.807) is 24.3 Å². The number of alkyl halides is 3. The third kappa shape index (κ3) is 3.88. The first-order valence-corrected chi connectivity index (χ1v) is 10.00. The van der Waals surface area contributed by atoms with Crippen LogP contribution in [-0.2, 0) is 6.18 Å². The number of benzene rings is 2. The number of aromatic nitrogens is 1. The van der Waals surface area contributed by atoms with Crippen LogP contribution in [0.25, 0.3) is 31.9 Å². The molecule has 0 bridgehead atoms. The molecular weight excluding hydrogens is 458 g/mol. The zero-order chi connectivity index (χ0) is 21.6. The molecule has 0 unspecified atom stereocenters. The predicted octanol–water partition coefficient (Wildman–Crippen LogP) is 6.32. The Morgan fingerprint density at radius 1 is 0.967 bits per heavy atom. The fourth-order valence-corrected chi connectivity index (χ4v) is 4.45. The number of carboxylic acids is 1. The van der Waals surface area contributed by atoms with Gasteiger partial charge in [-0.2, -0.15) is 13.2 Å². The summed E-state index contributed by atoms with van der Waals surface area (Å²) in [5.74, 6) is -1.39. The molecule has 0 N–H and O–H groups in total. The van der Waals surface area contributed by atoms with Crippen molar-refractivity contribution in [3.8, 4) is 21.0 Å². The van der Waals surface area contributed by atoms with Gasteiger partial charge in [0.2, 0.25) is 0 Å². The highest BCUT2D eigenvalue weighted by molar-refractivity contribution is 7.18. The van der Waals surface area contributed by atoms with Crippen molar-refractivity contribution in [2.24, 2.45) is 0 Å². The van der Waals surface area contributed by atoms with Crippen molar-refractivity contribution in [3.05, 3.63) is 75.8 Å². The fourth-order valence-electron chi connectivity index (χ4n) is 3.00. The molecule has 4 aromatic rings. The summed E-state index contributed by atoms with van der Waals surface area (Å²) in [7, 11) is 0. The summed E-state index contributed by atoms with van der Waals surface area (Å²) in [6, 6.07) is 12.4. The second kappa shape index (κ2) is 7.58. The maximum atomic E-state index is 13.1. The first kappa shape index (κ1) is 20.7. The van der Waals surface area contributed by atoms with E-state index >= 15 is 0 Å². The number of fused-ring (bicyclic) bond motifs is 1. The van der Waals surface area contributed by atoms with Gasteiger partial charge in [0.25, 0.3) is 0 Å². The largest absolute Gasteiger partial charge is 0.545 e. The number of halogens is 5. The summed E-state index contributed by atoms with van der Waals surface area (Å²) < 4.78 is 39.2. The van der Waals surface area contributed by atoms with Crippen LogP contribution in [0.15, 0.2) is 54.6 Å². The molecule has 0 saturated carbocycles. The van der Waals surface area contributed by atoms with Gasteiger partial charge in [0.05, 0.1) is 27.6 Å². The maximum absolute atomic E-state index is 13.1. The van der Waals surface area contributed by atoms with Crippen LogP contribution in [0.5, 0.6) is 0 Å². The number of aromatic carboxylic acids is 1. The zero-order valence-electron chi connectivity index (χ0n) is 14.8. The SMILES string of the molecule is O=C([O-])c1cc(-c2ccc(-c3cc(C(F)(F)F)ccc3Cl)s2)nc2ccc(Cl)cc12. The number of carbonyl (C=O) groups is 1. The highest BCUT2D eigenvalue weighted by Crippen LogP contribution is 2.41. The molecule has 0 atom stereocenters. The van der Waals surface area contributed by atoms with Crippen LogP contribution in [0.1, 0.15) is 15.9 Å². The van der Waals surface area contributed by atoms with Gasteiger partial charge in [0, 0.05) is 31.4 Å². The topological polar surface area (TPSA) is 53.0 Å². The van der Waals surface area contributed by atoms with E-state index in [1.807, 2.05) is 0 Å². The van der Waals surface area contributed by atoms with Gasteiger partial charge in [0.1, 0.15) is 0 Å². The monoisotopic (exact) mass is 466 g/mol. The van der Waals surface area contributed by atoms with Crippen LogP contribution in [0, 0.1) is 0 Å². The lowest BCUT2D eigenvalue weighted by molar-refractivity contribution is -0.254. The molecule has 0 fully saturated rings. The highest BCUT2D eigenvalue weighted by atomic mass is 35.5. The lowest BCUT2D eigenvalue weighted by Crippen LogP contribution is -2.22. The lowest BCUT2D eigenvalue weighted by atomic mass is 10.1. The molecule has 0 aliphatic carbocycles. The Labute approximate surface area is 182 Å². The summed E-state index contributed by atoms with van der Waals surface area (Å²) >= 11 is 13.2. The first-order valence-electron chi connectivity index (χ1n) is 8.42. The van der Waals surface area contributed by atoms with Gasteiger partial charge in [-0.15, -0.1) is 11.3 Å². The van der Waals surface area contributed by atoms with E-state index in [4.69, 9.17) is 23.2 Å². The summed E-state index contributed by atoms with van der Waals surface area (Å²) in [6.07, 6.45) is -4.50. The Morgan fingerprint density at radius 2 is 1.70 bits per heavy atom. The molecular formula is C21H9Cl2F3NO2S-. The Morgan fingerprint density at radius 3 is 2.40 bits per heavy atom. The molecule has 2 heterocycles. The van der Waals surface area contributed by atoms with Crippen LogP contribution >= 0.6 is 34.5 Å². The van der Waals surface area contributed by atoms with Crippen molar-refractivity contribution in [1.82, 2.24) is 4.98 Å². The summed E-state index contributed by atoms with van der Waals surface area (Å²) in [4.78, 5) is 17.1. The van der Waals surface area contributed by atoms with E-state index in [0.717, 1.165) is 23.5 Å². The number of carboxylic acid groups (broad SMARTS) is 1. The number of carbonyl (C=O) groups excluding carboxylic acids is 1. The second-order valence-corrected chi connectivity index (χ2v) is 8.29. The molecule has 152 valence electrons. The van der Waals surface area contributed by atoms with Gasteiger partial charge in [-0.05, 0) is 54.6 Å². The van der Waals surface area contributed by atoms with E-state index < -0.39 is 17.7 Å². The average molecular weight is 467 g/mol. The van der Waals surface area contributed by atoms with Crippen molar-refractivity contribution in [2.75, 3.05) is 0 Å². The molecule has 30 heavy (non-hydrogen) atoms. The number of hydrogen-bond donors (Lipinski definition) is 0. The van der Waals surface area contributed by atoms with Gasteiger partial charge < -0.3 is 9.90 Å². The Balaban J connectivity index is 1.83. The quantitative estimate of drug-likeness (QED) is 0.355. The molecule has 9 heteroatoms. The minimum atomic E-state index is -4.50. The van der Waals surface area contributed by atoms with Crippen LogP contribution in [0.3, 0.4) is 0 Å².